The summed E-state index contributed by atoms with van der Waals surface area (Å²) in [6.45, 7) is 1.84. The van der Waals surface area contributed by atoms with Gasteiger partial charge in [-0.1, -0.05) is 12.1 Å². The van der Waals surface area contributed by atoms with Crippen LogP contribution in [0.1, 0.15) is 11.5 Å². The van der Waals surface area contributed by atoms with Gasteiger partial charge in [-0.15, -0.1) is 0 Å². The van der Waals surface area contributed by atoms with E-state index in [2.05, 4.69) is 10.1 Å². The summed E-state index contributed by atoms with van der Waals surface area (Å²) >= 11 is 0. The minimum atomic E-state index is -0.278. The van der Waals surface area contributed by atoms with Crippen LogP contribution in [0.15, 0.2) is 68.9 Å². The Bertz CT molecular complexity index is 1270. The molecule has 29 heavy (non-hydrogen) atoms. The third-order valence-corrected chi connectivity index (χ3v) is 4.46. The highest BCUT2D eigenvalue weighted by Gasteiger charge is 2.15. The molecule has 0 spiro atoms. The van der Waals surface area contributed by atoms with Gasteiger partial charge in [0.05, 0.1) is 31.3 Å². The summed E-state index contributed by atoms with van der Waals surface area (Å²) in [7, 11) is 3.12. The van der Waals surface area contributed by atoms with Crippen LogP contribution in [0.2, 0.25) is 0 Å². The molecule has 0 bridgehead atoms. The van der Waals surface area contributed by atoms with E-state index in [0.29, 0.717) is 39.6 Å². The van der Waals surface area contributed by atoms with Crippen LogP contribution in [0.25, 0.3) is 22.3 Å². The third kappa shape index (κ3) is 3.50. The summed E-state index contributed by atoms with van der Waals surface area (Å²) in [6.07, 6.45) is 1.50. The molecular weight excluding hydrogens is 370 g/mol. The normalized spacial score (nSPS) is 11.3. The highest BCUT2D eigenvalue weighted by molar-refractivity contribution is 5.81. The predicted molar refractivity (Wildman–Crippen MR) is 111 cm³/mol. The van der Waals surface area contributed by atoms with Gasteiger partial charge >= 0.3 is 0 Å². The summed E-state index contributed by atoms with van der Waals surface area (Å²) in [6, 6.07) is 16.1. The molecule has 2 aromatic heterocycles. The molecule has 0 saturated heterocycles. The highest BCUT2D eigenvalue weighted by atomic mass is 16.5. The molecule has 0 saturated carbocycles. The van der Waals surface area contributed by atoms with E-state index in [1.807, 2.05) is 19.1 Å². The molecule has 146 valence electrons. The number of furan rings is 1. The van der Waals surface area contributed by atoms with E-state index in [1.165, 1.54) is 10.9 Å². The van der Waals surface area contributed by atoms with Crippen LogP contribution in [-0.4, -0.2) is 30.1 Å². The fourth-order valence-electron chi connectivity index (χ4n) is 3.03. The second-order valence-corrected chi connectivity index (χ2v) is 6.33. The fraction of sp³-hybridized carbons (Fsp3) is 0.136. The predicted octanol–water partition coefficient (Wildman–Crippen LogP) is 3.86. The third-order valence-electron chi connectivity index (χ3n) is 4.46. The Labute approximate surface area is 166 Å². The number of hydrogen-bond donors (Lipinski definition) is 0. The average Bonchev–Trinajstić information content (AvgIpc) is 3.17. The number of ether oxygens (including phenoxy) is 2. The zero-order valence-corrected chi connectivity index (χ0v) is 16.2. The van der Waals surface area contributed by atoms with Crippen molar-refractivity contribution in [2.45, 2.75) is 6.92 Å². The van der Waals surface area contributed by atoms with Crippen LogP contribution < -0.4 is 15.0 Å². The molecule has 0 aliphatic heterocycles. The van der Waals surface area contributed by atoms with Crippen molar-refractivity contribution in [2.75, 3.05) is 14.2 Å². The molecule has 0 N–H and O–H groups in total. The Morgan fingerprint density at radius 2 is 1.83 bits per heavy atom. The smallest absolute Gasteiger partial charge is 0.282 e. The van der Waals surface area contributed by atoms with Crippen molar-refractivity contribution in [3.63, 3.8) is 0 Å². The first-order valence-electron chi connectivity index (χ1n) is 8.95. The second kappa shape index (κ2) is 7.63. The molecule has 7 heteroatoms. The number of methoxy groups -OCH3 is 2. The van der Waals surface area contributed by atoms with Gasteiger partial charge in [0.1, 0.15) is 11.5 Å². The fourth-order valence-corrected chi connectivity index (χ4v) is 3.03. The van der Waals surface area contributed by atoms with Crippen molar-refractivity contribution in [2.24, 2.45) is 5.10 Å². The number of hydrogen-bond acceptors (Lipinski definition) is 6. The van der Waals surface area contributed by atoms with Gasteiger partial charge in [-0.25, -0.2) is 4.98 Å². The van der Waals surface area contributed by atoms with Crippen molar-refractivity contribution in [3.05, 3.63) is 76.5 Å². The topological polar surface area (TPSA) is 78.9 Å². The molecule has 0 aliphatic rings. The molecule has 0 amide bonds. The molecule has 0 unspecified atom stereocenters. The number of para-hydroxylation sites is 1. The Morgan fingerprint density at radius 1 is 1.03 bits per heavy atom. The first-order chi connectivity index (χ1) is 14.1. The zero-order chi connectivity index (χ0) is 20.4. The van der Waals surface area contributed by atoms with Gasteiger partial charge in [-0.05, 0) is 49.4 Å². The molecule has 2 aromatic carbocycles. The van der Waals surface area contributed by atoms with E-state index < -0.39 is 0 Å². The standard InChI is InChI=1S/C22H19N3O4/c1-14-8-10-16(29-14)13-23-25-21(15-9-11-19(27-2)20(12-15)28-3)24-18-7-5-4-6-17(18)22(25)26/h4-13H,1-3H3. The van der Waals surface area contributed by atoms with Gasteiger partial charge < -0.3 is 13.9 Å². The van der Waals surface area contributed by atoms with E-state index in [0.717, 1.165) is 5.76 Å². The van der Waals surface area contributed by atoms with Crippen molar-refractivity contribution < 1.29 is 13.9 Å². The lowest BCUT2D eigenvalue weighted by Crippen LogP contribution is -2.20. The van der Waals surface area contributed by atoms with Crippen molar-refractivity contribution in [3.8, 4) is 22.9 Å². The lowest BCUT2D eigenvalue weighted by molar-refractivity contribution is 0.355. The SMILES string of the molecule is COc1ccc(-c2nc3ccccc3c(=O)n2N=Cc2ccc(C)o2)cc1OC. The van der Waals surface area contributed by atoms with E-state index in [9.17, 15) is 4.79 Å². The maximum Gasteiger partial charge on any atom is 0.282 e. The average molecular weight is 389 g/mol. The second-order valence-electron chi connectivity index (χ2n) is 6.33. The summed E-state index contributed by atoms with van der Waals surface area (Å²) in [5.74, 6) is 2.80. The van der Waals surface area contributed by atoms with Gasteiger partial charge in [0.2, 0.25) is 0 Å². The Hall–Kier alpha value is -3.87. The summed E-state index contributed by atoms with van der Waals surface area (Å²) < 4.78 is 17.5. The van der Waals surface area contributed by atoms with E-state index in [-0.39, 0.29) is 5.56 Å². The van der Waals surface area contributed by atoms with Crippen molar-refractivity contribution >= 4 is 17.1 Å². The van der Waals surface area contributed by atoms with Crippen LogP contribution in [-0.2, 0) is 0 Å². The maximum absolute atomic E-state index is 13.1. The Morgan fingerprint density at radius 3 is 2.55 bits per heavy atom. The molecular formula is C22H19N3O4. The number of aryl methyl sites for hydroxylation is 1. The molecule has 0 fully saturated rings. The van der Waals surface area contributed by atoms with Gasteiger partial charge in [0.15, 0.2) is 17.3 Å². The van der Waals surface area contributed by atoms with E-state index in [4.69, 9.17) is 13.9 Å². The van der Waals surface area contributed by atoms with Gasteiger partial charge in [0, 0.05) is 5.56 Å². The molecule has 0 atom stereocenters. The van der Waals surface area contributed by atoms with Crippen LogP contribution in [0.4, 0.5) is 0 Å². The van der Waals surface area contributed by atoms with Crippen molar-refractivity contribution in [1.82, 2.24) is 9.66 Å². The summed E-state index contributed by atoms with van der Waals surface area (Å²) in [5.41, 5.74) is 0.973. The molecule has 0 radical (unpaired) electrons. The van der Waals surface area contributed by atoms with Gasteiger partial charge in [0.25, 0.3) is 5.56 Å². The van der Waals surface area contributed by atoms with E-state index in [1.54, 1.807) is 56.7 Å². The van der Waals surface area contributed by atoms with Crippen LogP contribution in [0.5, 0.6) is 11.5 Å². The molecule has 2 heterocycles. The Kier molecular flexibility index (Phi) is 4.87. The van der Waals surface area contributed by atoms with Crippen LogP contribution in [0, 0.1) is 6.92 Å². The number of nitrogens with zero attached hydrogens (tertiary/aromatic N) is 3. The molecule has 4 aromatic rings. The summed E-state index contributed by atoms with van der Waals surface area (Å²) in [4.78, 5) is 17.8. The highest BCUT2D eigenvalue weighted by Crippen LogP contribution is 2.31. The number of aromatic nitrogens is 2. The van der Waals surface area contributed by atoms with Gasteiger partial charge in [-0.2, -0.15) is 9.78 Å². The monoisotopic (exact) mass is 389 g/mol. The Balaban J connectivity index is 1.94. The molecule has 0 aliphatic carbocycles. The van der Waals surface area contributed by atoms with Crippen LogP contribution in [0.3, 0.4) is 0 Å². The lowest BCUT2D eigenvalue weighted by Gasteiger charge is -2.12. The lowest BCUT2D eigenvalue weighted by atomic mass is 10.1. The van der Waals surface area contributed by atoms with Crippen molar-refractivity contribution in [1.29, 1.82) is 0 Å². The zero-order valence-electron chi connectivity index (χ0n) is 16.2. The number of fused-ring (bicyclic) bond motifs is 1. The largest absolute Gasteiger partial charge is 0.493 e. The minimum Gasteiger partial charge on any atom is -0.493 e. The first-order valence-corrected chi connectivity index (χ1v) is 8.95. The van der Waals surface area contributed by atoms with Crippen LogP contribution >= 0.6 is 0 Å². The van der Waals surface area contributed by atoms with Gasteiger partial charge in [-0.3, -0.25) is 4.79 Å². The summed E-state index contributed by atoms with van der Waals surface area (Å²) in [5, 5.41) is 4.84. The maximum atomic E-state index is 13.1. The molecule has 7 nitrogen and oxygen atoms in total. The number of benzene rings is 2. The molecule has 4 rings (SSSR count). The quantitative estimate of drug-likeness (QED) is 0.484. The minimum absolute atomic E-state index is 0.278. The number of rotatable bonds is 5. The first kappa shape index (κ1) is 18.5. The van der Waals surface area contributed by atoms with E-state index >= 15 is 0 Å².